The number of carboxylic acids is 1. The lowest BCUT2D eigenvalue weighted by Crippen LogP contribution is -2.12. The maximum absolute atomic E-state index is 13.0. The van der Waals surface area contributed by atoms with Crippen LogP contribution in [0.4, 0.5) is 13.2 Å². The van der Waals surface area contributed by atoms with Crippen molar-refractivity contribution in [2.75, 3.05) is 0 Å². The predicted octanol–water partition coefficient (Wildman–Crippen LogP) is 5.18. The molecule has 3 rings (SSSR count). The lowest BCUT2D eigenvalue weighted by atomic mass is 9.99. The van der Waals surface area contributed by atoms with E-state index in [1.54, 1.807) is 24.3 Å². The lowest BCUT2D eigenvalue weighted by Gasteiger charge is -2.13. The van der Waals surface area contributed by atoms with Crippen molar-refractivity contribution in [1.82, 2.24) is 10.2 Å². The van der Waals surface area contributed by atoms with Gasteiger partial charge in [-0.25, -0.2) is 4.79 Å². The fourth-order valence-electron chi connectivity index (χ4n) is 2.49. The number of allylic oxidation sites excluding steroid dienone is 1. The maximum atomic E-state index is 13.0. The van der Waals surface area contributed by atoms with Gasteiger partial charge < -0.3 is 5.11 Å². The molecule has 3 aromatic rings. The molecule has 132 valence electrons. The highest BCUT2D eigenvalue weighted by molar-refractivity contribution is 14.1. The molecule has 0 saturated heterocycles. The molecule has 1 heterocycles. The van der Waals surface area contributed by atoms with Crippen LogP contribution in [0.2, 0.25) is 0 Å². The van der Waals surface area contributed by atoms with Crippen LogP contribution in [0.25, 0.3) is 27.5 Å². The molecule has 1 aromatic heterocycles. The quantitative estimate of drug-likeness (QED) is 0.537. The number of fused-ring (bicyclic) bond motifs is 1. The second kappa shape index (κ2) is 6.67. The SMILES string of the molecule is C=C(c1nnc(I)c2cc(-c3cccc(C(=O)O)c3)ccc12)C(F)(F)F. The van der Waals surface area contributed by atoms with Gasteiger partial charge in [0.05, 0.1) is 11.1 Å². The Morgan fingerprint density at radius 2 is 1.73 bits per heavy atom. The van der Waals surface area contributed by atoms with Crippen molar-refractivity contribution in [3.8, 4) is 11.1 Å². The first-order valence-electron chi connectivity index (χ1n) is 7.24. The number of hydrogen-bond donors (Lipinski definition) is 1. The second-order valence-electron chi connectivity index (χ2n) is 5.46. The normalized spacial score (nSPS) is 11.5. The summed E-state index contributed by atoms with van der Waals surface area (Å²) in [6, 6.07) is 11.1. The van der Waals surface area contributed by atoms with Gasteiger partial charge in [0, 0.05) is 10.8 Å². The van der Waals surface area contributed by atoms with Gasteiger partial charge in [0.2, 0.25) is 0 Å². The van der Waals surface area contributed by atoms with E-state index in [1.807, 2.05) is 22.6 Å². The summed E-state index contributed by atoms with van der Waals surface area (Å²) in [6.07, 6.45) is -4.61. The number of alkyl halides is 3. The fourth-order valence-corrected chi connectivity index (χ4v) is 3.05. The molecule has 1 N–H and O–H groups in total. The van der Waals surface area contributed by atoms with E-state index in [1.165, 1.54) is 18.2 Å². The van der Waals surface area contributed by atoms with Crippen LogP contribution in [0.1, 0.15) is 16.1 Å². The standard InChI is InChI=1S/C18H10F3IN2O2/c1-9(18(19,20)21)15-13-6-5-11(8-14(13)16(22)24-23-15)10-3-2-4-12(7-10)17(25)26/h2-8H,1H2,(H,25,26). The number of aromatic nitrogens is 2. The van der Waals surface area contributed by atoms with Crippen molar-refractivity contribution in [1.29, 1.82) is 0 Å². The van der Waals surface area contributed by atoms with E-state index < -0.39 is 17.7 Å². The average molecular weight is 470 g/mol. The van der Waals surface area contributed by atoms with Crippen LogP contribution in [0.3, 0.4) is 0 Å². The van der Waals surface area contributed by atoms with Gasteiger partial charge in [-0.1, -0.05) is 30.8 Å². The first-order valence-corrected chi connectivity index (χ1v) is 8.32. The van der Waals surface area contributed by atoms with Crippen LogP contribution in [0, 0.1) is 3.70 Å². The molecule has 0 aliphatic carbocycles. The predicted molar refractivity (Wildman–Crippen MR) is 99.7 cm³/mol. The number of carboxylic acid groups (broad SMARTS) is 1. The van der Waals surface area contributed by atoms with E-state index >= 15 is 0 Å². The van der Waals surface area contributed by atoms with E-state index in [-0.39, 0.29) is 16.6 Å². The molecule has 26 heavy (non-hydrogen) atoms. The Labute approximate surface area is 159 Å². The van der Waals surface area contributed by atoms with Gasteiger partial charge in [0.25, 0.3) is 0 Å². The van der Waals surface area contributed by atoms with Gasteiger partial charge in [0.15, 0.2) is 0 Å². The lowest BCUT2D eigenvalue weighted by molar-refractivity contribution is -0.0688. The van der Waals surface area contributed by atoms with Gasteiger partial charge in [-0.3, -0.25) is 0 Å². The van der Waals surface area contributed by atoms with Crippen LogP contribution < -0.4 is 0 Å². The molecule has 2 aromatic carbocycles. The summed E-state index contributed by atoms with van der Waals surface area (Å²) in [5.74, 6) is -1.06. The number of rotatable bonds is 3. The highest BCUT2D eigenvalue weighted by Crippen LogP contribution is 2.36. The molecule has 0 bridgehead atoms. The number of benzene rings is 2. The zero-order valence-corrected chi connectivity index (χ0v) is 15.2. The van der Waals surface area contributed by atoms with E-state index in [4.69, 9.17) is 5.11 Å². The fraction of sp³-hybridized carbons (Fsp3) is 0.0556. The largest absolute Gasteiger partial charge is 0.478 e. The van der Waals surface area contributed by atoms with Crippen LogP contribution in [0.5, 0.6) is 0 Å². The molecule has 0 amide bonds. The zero-order valence-electron chi connectivity index (χ0n) is 13.0. The minimum Gasteiger partial charge on any atom is -0.478 e. The van der Waals surface area contributed by atoms with Crippen LogP contribution in [-0.2, 0) is 0 Å². The highest BCUT2D eigenvalue weighted by Gasteiger charge is 2.35. The summed E-state index contributed by atoms with van der Waals surface area (Å²) < 4.78 is 39.4. The van der Waals surface area contributed by atoms with Crippen LogP contribution in [0.15, 0.2) is 49.0 Å². The summed E-state index contributed by atoms with van der Waals surface area (Å²) in [4.78, 5) is 11.1. The van der Waals surface area contributed by atoms with Gasteiger partial charge >= 0.3 is 12.1 Å². The van der Waals surface area contributed by atoms with Gasteiger partial charge in [0.1, 0.15) is 9.39 Å². The van der Waals surface area contributed by atoms with E-state index in [2.05, 4.69) is 16.8 Å². The third-order valence-corrected chi connectivity index (χ3v) is 4.60. The Balaban J connectivity index is 2.18. The van der Waals surface area contributed by atoms with Gasteiger partial charge in [-0.15, -0.1) is 10.2 Å². The summed E-state index contributed by atoms with van der Waals surface area (Å²) in [7, 11) is 0. The maximum Gasteiger partial charge on any atom is 0.418 e. The minimum absolute atomic E-state index is 0.122. The molecule has 8 heteroatoms. The number of halogens is 4. The molecule has 4 nitrogen and oxygen atoms in total. The molecule has 0 fully saturated rings. The topological polar surface area (TPSA) is 63.1 Å². The van der Waals surface area contributed by atoms with E-state index in [0.717, 1.165) is 0 Å². The van der Waals surface area contributed by atoms with Crippen LogP contribution >= 0.6 is 22.6 Å². The summed E-state index contributed by atoms with van der Waals surface area (Å²) >= 11 is 1.89. The second-order valence-corrected chi connectivity index (χ2v) is 6.48. The Bertz CT molecular complexity index is 1050. The molecule has 0 saturated carbocycles. The monoisotopic (exact) mass is 470 g/mol. The Morgan fingerprint density at radius 1 is 1.04 bits per heavy atom. The minimum atomic E-state index is -4.61. The number of aromatic carboxylic acids is 1. The average Bonchev–Trinajstić information content (AvgIpc) is 2.60. The van der Waals surface area contributed by atoms with Crippen molar-refractivity contribution in [3.05, 3.63) is 64.0 Å². The number of carbonyl (C=O) groups is 1. The third kappa shape index (κ3) is 3.41. The molecule has 0 aliphatic rings. The molecule has 0 radical (unpaired) electrons. The molecule has 0 spiro atoms. The first kappa shape index (κ1) is 18.3. The summed E-state index contributed by atoms with van der Waals surface area (Å²) in [5.41, 5.74) is 0.0350. The van der Waals surface area contributed by atoms with Crippen molar-refractivity contribution < 1.29 is 23.1 Å². The van der Waals surface area contributed by atoms with Gasteiger partial charge in [-0.05, 0) is 51.9 Å². The van der Waals surface area contributed by atoms with Crippen molar-refractivity contribution >= 4 is 44.9 Å². The summed E-state index contributed by atoms with van der Waals surface area (Å²) in [5, 5.41) is 17.3. The first-order chi connectivity index (χ1) is 12.2. The number of nitrogens with zero attached hydrogens (tertiary/aromatic N) is 2. The molecule has 0 atom stereocenters. The smallest absolute Gasteiger partial charge is 0.418 e. The number of hydrogen-bond acceptors (Lipinski definition) is 3. The molecular weight excluding hydrogens is 460 g/mol. The summed E-state index contributed by atoms with van der Waals surface area (Å²) in [6.45, 7) is 3.09. The van der Waals surface area contributed by atoms with Crippen molar-refractivity contribution in [3.63, 3.8) is 0 Å². The molecular formula is C18H10F3IN2O2. The highest BCUT2D eigenvalue weighted by atomic mass is 127. The molecule has 0 aliphatic heterocycles. The van der Waals surface area contributed by atoms with Crippen molar-refractivity contribution in [2.45, 2.75) is 6.18 Å². The van der Waals surface area contributed by atoms with Crippen molar-refractivity contribution in [2.24, 2.45) is 0 Å². The van der Waals surface area contributed by atoms with Gasteiger partial charge in [-0.2, -0.15) is 13.2 Å². The molecule has 0 unspecified atom stereocenters. The van der Waals surface area contributed by atoms with E-state index in [9.17, 15) is 18.0 Å². The third-order valence-electron chi connectivity index (χ3n) is 3.81. The van der Waals surface area contributed by atoms with E-state index in [0.29, 0.717) is 20.2 Å². The Kier molecular flexibility index (Phi) is 4.70. The Hall–Kier alpha value is -2.49. The zero-order chi connectivity index (χ0) is 19.1. The van der Waals surface area contributed by atoms with Crippen LogP contribution in [-0.4, -0.2) is 27.4 Å². The Morgan fingerprint density at radius 3 is 2.38 bits per heavy atom.